The molecule has 0 atom stereocenters. The van der Waals surface area contributed by atoms with E-state index in [0.717, 1.165) is 18.9 Å². The van der Waals surface area contributed by atoms with Crippen molar-refractivity contribution in [1.29, 1.82) is 0 Å². The van der Waals surface area contributed by atoms with Crippen molar-refractivity contribution < 1.29 is 0 Å². The Hall–Kier alpha value is -1.91. The Morgan fingerprint density at radius 1 is 1.12 bits per heavy atom. The average molecular weight is 324 g/mol. The van der Waals surface area contributed by atoms with Gasteiger partial charge in [-0.3, -0.25) is 0 Å². The lowest BCUT2D eigenvalue weighted by Crippen LogP contribution is -2.40. The molecule has 2 heterocycles. The highest BCUT2D eigenvalue weighted by molar-refractivity contribution is 5.46. The van der Waals surface area contributed by atoms with E-state index in [-0.39, 0.29) is 0 Å². The van der Waals surface area contributed by atoms with Crippen molar-refractivity contribution in [1.82, 2.24) is 15.2 Å². The number of hydrogen-bond acceptors (Lipinski definition) is 4. The molecular formula is C20H28N4. The van der Waals surface area contributed by atoms with Crippen molar-refractivity contribution >= 4 is 5.82 Å². The Morgan fingerprint density at radius 2 is 1.88 bits per heavy atom. The Kier molecular flexibility index (Phi) is 5.83. The van der Waals surface area contributed by atoms with Crippen molar-refractivity contribution in [3.63, 3.8) is 0 Å². The number of aromatic nitrogens is 1. The van der Waals surface area contributed by atoms with Crippen molar-refractivity contribution in [3.05, 3.63) is 59.8 Å². The fourth-order valence-electron chi connectivity index (χ4n) is 3.31. The van der Waals surface area contributed by atoms with Gasteiger partial charge in [-0.25, -0.2) is 4.98 Å². The van der Waals surface area contributed by atoms with Crippen molar-refractivity contribution in [3.8, 4) is 0 Å². The molecule has 0 saturated carbocycles. The topological polar surface area (TPSA) is 31.4 Å². The number of anilines is 1. The van der Waals surface area contributed by atoms with E-state index in [1.807, 2.05) is 12.3 Å². The van der Waals surface area contributed by atoms with Crippen molar-refractivity contribution in [2.45, 2.75) is 32.0 Å². The Morgan fingerprint density at radius 3 is 2.62 bits per heavy atom. The molecule has 0 unspecified atom stereocenters. The summed E-state index contributed by atoms with van der Waals surface area (Å²) in [5.74, 6) is 1.07. The maximum absolute atomic E-state index is 4.63. The fraction of sp³-hybridized carbons (Fsp3) is 0.450. The number of rotatable bonds is 6. The SMILES string of the molecule is CN1CCC(NCc2cccnc2N(C)Cc2ccccc2)CC1. The molecule has 1 aromatic carbocycles. The number of hydrogen-bond donors (Lipinski definition) is 1. The van der Waals surface area contributed by atoms with Gasteiger partial charge >= 0.3 is 0 Å². The molecular weight excluding hydrogens is 296 g/mol. The van der Waals surface area contributed by atoms with Gasteiger partial charge < -0.3 is 15.1 Å². The van der Waals surface area contributed by atoms with E-state index in [1.54, 1.807) is 0 Å². The van der Waals surface area contributed by atoms with Crippen molar-refractivity contribution in [2.24, 2.45) is 0 Å². The van der Waals surface area contributed by atoms with Crippen LogP contribution in [0.1, 0.15) is 24.0 Å². The summed E-state index contributed by atoms with van der Waals surface area (Å²) in [5.41, 5.74) is 2.58. The van der Waals surface area contributed by atoms with E-state index in [4.69, 9.17) is 0 Å². The van der Waals surface area contributed by atoms with Gasteiger partial charge in [-0.05, 0) is 44.6 Å². The summed E-state index contributed by atoms with van der Waals surface area (Å²) < 4.78 is 0. The lowest BCUT2D eigenvalue weighted by atomic mass is 10.1. The summed E-state index contributed by atoms with van der Waals surface area (Å²) in [6.07, 6.45) is 4.34. The van der Waals surface area contributed by atoms with E-state index in [0.29, 0.717) is 6.04 Å². The highest BCUT2D eigenvalue weighted by atomic mass is 15.2. The summed E-state index contributed by atoms with van der Waals surface area (Å²) >= 11 is 0. The first-order valence-electron chi connectivity index (χ1n) is 8.83. The highest BCUT2D eigenvalue weighted by Crippen LogP contribution is 2.19. The highest BCUT2D eigenvalue weighted by Gasteiger charge is 2.17. The second-order valence-electron chi connectivity index (χ2n) is 6.79. The minimum absolute atomic E-state index is 0.619. The zero-order valence-electron chi connectivity index (χ0n) is 14.8. The second kappa shape index (κ2) is 8.27. The third-order valence-corrected chi connectivity index (χ3v) is 4.79. The Labute approximate surface area is 145 Å². The normalized spacial score (nSPS) is 16.2. The molecule has 4 heteroatoms. The lowest BCUT2D eigenvalue weighted by Gasteiger charge is -2.30. The summed E-state index contributed by atoms with van der Waals surface area (Å²) in [5, 5.41) is 3.72. The molecule has 0 bridgehead atoms. The van der Waals surface area contributed by atoms with Gasteiger partial charge in [-0.1, -0.05) is 36.4 Å². The second-order valence-corrected chi connectivity index (χ2v) is 6.79. The lowest BCUT2D eigenvalue weighted by molar-refractivity contribution is 0.234. The first-order chi connectivity index (χ1) is 11.7. The smallest absolute Gasteiger partial charge is 0.133 e. The predicted octanol–water partition coefficient (Wildman–Crippen LogP) is 2.90. The number of piperidine rings is 1. The van der Waals surface area contributed by atoms with Crippen LogP contribution in [0.5, 0.6) is 0 Å². The van der Waals surface area contributed by atoms with Gasteiger partial charge in [-0.15, -0.1) is 0 Å². The monoisotopic (exact) mass is 324 g/mol. The average Bonchev–Trinajstić information content (AvgIpc) is 2.62. The molecule has 0 spiro atoms. The van der Waals surface area contributed by atoms with Crippen LogP contribution in [0.2, 0.25) is 0 Å². The number of benzene rings is 1. The maximum atomic E-state index is 4.63. The molecule has 1 fully saturated rings. The van der Waals surface area contributed by atoms with Crippen LogP contribution in [-0.2, 0) is 13.1 Å². The molecule has 0 amide bonds. The van der Waals surface area contributed by atoms with E-state index >= 15 is 0 Å². The zero-order chi connectivity index (χ0) is 16.8. The molecule has 0 aliphatic carbocycles. The van der Waals surface area contributed by atoms with Gasteiger partial charge in [0.1, 0.15) is 5.82 Å². The molecule has 0 radical (unpaired) electrons. The molecule has 1 N–H and O–H groups in total. The number of pyridine rings is 1. The van der Waals surface area contributed by atoms with E-state index < -0.39 is 0 Å². The van der Waals surface area contributed by atoms with Gasteiger partial charge in [0, 0.05) is 37.9 Å². The van der Waals surface area contributed by atoms with Gasteiger partial charge in [-0.2, -0.15) is 0 Å². The van der Waals surface area contributed by atoms with Crippen LogP contribution in [0, 0.1) is 0 Å². The zero-order valence-corrected chi connectivity index (χ0v) is 14.8. The molecule has 1 saturated heterocycles. The minimum Gasteiger partial charge on any atom is -0.355 e. The molecule has 4 nitrogen and oxygen atoms in total. The van der Waals surface area contributed by atoms with Gasteiger partial charge in [0.05, 0.1) is 0 Å². The van der Waals surface area contributed by atoms with Crippen LogP contribution in [0.15, 0.2) is 48.7 Å². The van der Waals surface area contributed by atoms with Gasteiger partial charge in [0.15, 0.2) is 0 Å². The predicted molar refractivity (Wildman–Crippen MR) is 100 cm³/mol. The van der Waals surface area contributed by atoms with Crippen LogP contribution in [0.25, 0.3) is 0 Å². The van der Waals surface area contributed by atoms with E-state index in [2.05, 4.69) is 70.6 Å². The van der Waals surface area contributed by atoms with Crippen LogP contribution in [0.4, 0.5) is 5.82 Å². The Bertz CT molecular complexity index is 621. The molecule has 128 valence electrons. The summed E-state index contributed by atoms with van der Waals surface area (Å²) in [6.45, 7) is 4.13. The third-order valence-electron chi connectivity index (χ3n) is 4.79. The van der Waals surface area contributed by atoms with Crippen LogP contribution < -0.4 is 10.2 Å². The molecule has 24 heavy (non-hydrogen) atoms. The quantitative estimate of drug-likeness (QED) is 0.885. The summed E-state index contributed by atoms with van der Waals surface area (Å²) in [7, 11) is 4.32. The first kappa shape index (κ1) is 16.9. The minimum atomic E-state index is 0.619. The molecule has 1 aliphatic heterocycles. The summed E-state index contributed by atoms with van der Waals surface area (Å²) in [4.78, 5) is 9.27. The van der Waals surface area contributed by atoms with Crippen LogP contribution in [0.3, 0.4) is 0 Å². The standard InChI is InChI=1S/C20H28N4/c1-23-13-10-19(11-14-23)22-15-18-9-6-12-21-20(18)24(2)16-17-7-4-3-5-8-17/h3-9,12,19,22H,10-11,13-16H2,1-2H3. The van der Waals surface area contributed by atoms with E-state index in [1.165, 1.54) is 37.1 Å². The Balaban J connectivity index is 1.62. The number of nitrogens with zero attached hydrogens (tertiary/aromatic N) is 3. The first-order valence-corrected chi connectivity index (χ1v) is 8.83. The van der Waals surface area contributed by atoms with E-state index in [9.17, 15) is 0 Å². The molecule has 2 aromatic rings. The fourth-order valence-corrected chi connectivity index (χ4v) is 3.31. The molecule has 3 rings (SSSR count). The molecule has 1 aromatic heterocycles. The van der Waals surface area contributed by atoms with Gasteiger partial charge in [0.25, 0.3) is 0 Å². The van der Waals surface area contributed by atoms with Crippen LogP contribution >= 0.6 is 0 Å². The maximum Gasteiger partial charge on any atom is 0.133 e. The number of nitrogens with one attached hydrogen (secondary N) is 1. The van der Waals surface area contributed by atoms with Crippen molar-refractivity contribution in [2.75, 3.05) is 32.1 Å². The van der Waals surface area contributed by atoms with Gasteiger partial charge in [0.2, 0.25) is 0 Å². The third kappa shape index (κ3) is 4.56. The molecule has 1 aliphatic rings. The summed E-state index contributed by atoms with van der Waals surface area (Å²) in [6, 6.07) is 15.4. The number of likely N-dealkylation sites (tertiary alicyclic amines) is 1. The van der Waals surface area contributed by atoms with Crippen LogP contribution in [-0.4, -0.2) is 43.1 Å². The largest absolute Gasteiger partial charge is 0.355 e.